The second-order valence-electron chi connectivity index (χ2n) is 14.9. The van der Waals surface area contributed by atoms with Crippen molar-refractivity contribution >= 4 is 19.8 Å². The molecule has 0 aromatic heterocycles. The predicted octanol–water partition coefficient (Wildman–Crippen LogP) is 12.8. The number of unbranched alkanes of at least 4 members (excludes halogenated alkanes) is 25. The SMILES string of the molecule is CCCCC/C=C\C/C=C\CCCCCCCC(=O)OC[C@H](COP(=O)(O)OCCN)OC(=O)CCCCCCCCCCCCCCCCCCCC. The van der Waals surface area contributed by atoms with E-state index in [4.69, 9.17) is 24.3 Å². The normalized spacial score (nSPS) is 13.5. The van der Waals surface area contributed by atoms with Crippen LogP contribution in [0.5, 0.6) is 0 Å². The van der Waals surface area contributed by atoms with Gasteiger partial charge in [0, 0.05) is 19.4 Å². The molecule has 0 aliphatic heterocycles. The summed E-state index contributed by atoms with van der Waals surface area (Å²) in [4.78, 5) is 34.9. The van der Waals surface area contributed by atoms with Crippen LogP contribution in [0.15, 0.2) is 24.3 Å². The van der Waals surface area contributed by atoms with Crippen LogP contribution in [0.1, 0.15) is 213 Å². The molecule has 54 heavy (non-hydrogen) atoms. The Morgan fingerprint density at radius 3 is 1.44 bits per heavy atom. The van der Waals surface area contributed by atoms with E-state index in [1.807, 2.05) is 0 Å². The van der Waals surface area contributed by atoms with E-state index in [0.717, 1.165) is 57.8 Å². The fraction of sp³-hybridized carbons (Fsp3) is 0.864. The number of carbonyl (C=O) groups is 2. The first-order chi connectivity index (χ1) is 26.3. The van der Waals surface area contributed by atoms with Gasteiger partial charge in [0.25, 0.3) is 0 Å². The highest BCUT2D eigenvalue weighted by Crippen LogP contribution is 2.43. The van der Waals surface area contributed by atoms with Crippen LogP contribution >= 0.6 is 7.82 Å². The van der Waals surface area contributed by atoms with Crippen molar-refractivity contribution in [3.63, 3.8) is 0 Å². The minimum atomic E-state index is -4.38. The molecule has 3 N–H and O–H groups in total. The van der Waals surface area contributed by atoms with Gasteiger partial charge in [-0.1, -0.05) is 179 Å². The molecule has 0 aliphatic carbocycles. The third kappa shape index (κ3) is 40.2. The number of phosphoric ester groups is 1. The summed E-state index contributed by atoms with van der Waals surface area (Å²) in [5.74, 6) is -0.836. The van der Waals surface area contributed by atoms with Crippen molar-refractivity contribution in [1.29, 1.82) is 0 Å². The Kier molecular flexibility index (Phi) is 40.0. The highest BCUT2D eigenvalue weighted by Gasteiger charge is 2.26. The van der Waals surface area contributed by atoms with Gasteiger partial charge in [0.15, 0.2) is 6.10 Å². The van der Waals surface area contributed by atoms with Crippen molar-refractivity contribution in [2.45, 2.75) is 219 Å². The van der Waals surface area contributed by atoms with E-state index in [2.05, 4.69) is 38.2 Å². The number of allylic oxidation sites excluding steroid dienone is 4. The number of ether oxygens (including phenoxy) is 2. The van der Waals surface area contributed by atoms with Gasteiger partial charge in [-0.3, -0.25) is 18.6 Å². The number of rotatable bonds is 42. The van der Waals surface area contributed by atoms with Crippen LogP contribution in [-0.2, 0) is 32.7 Å². The number of hydrogen-bond acceptors (Lipinski definition) is 8. The van der Waals surface area contributed by atoms with Crippen LogP contribution in [0.3, 0.4) is 0 Å². The number of hydrogen-bond donors (Lipinski definition) is 2. The van der Waals surface area contributed by atoms with E-state index in [1.54, 1.807) is 0 Å². The van der Waals surface area contributed by atoms with Gasteiger partial charge in [-0.25, -0.2) is 4.57 Å². The third-order valence-electron chi connectivity index (χ3n) is 9.59. The monoisotopic (exact) mass is 786 g/mol. The summed E-state index contributed by atoms with van der Waals surface area (Å²) < 4.78 is 32.8. The summed E-state index contributed by atoms with van der Waals surface area (Å²) >= 11 is 0. The smallest absolute Gasteiger partial charge is 0.462 e. The quantitative estimate of drug-likeness (QED) is 0.0268. The maximum atomic E-state index is 12.6. The lowest BCUT2D eigenvalue weighted by atomic mass is 10.0. The van der Waals surface area contributed by atoms with E-state index < -0.39 is 32.5 Å². The van der Waals surface area contributed by atoms with Gasteiger partial charge < -0.3 is 20.1 Å². The van der Waals surface area contributed by atoms with Gasteiger partial charge in [-0.15, -0.1) is 0 Å². The fourth-order valence-electron chi connectivity index (χ4n) is 6.25. The lowest BCUT2D eigenvalue weighted by molar-refractivity contribution is -0.161. The Morgan fingerprint density at radius 2 is 0.963 bits per heavy atom. The largest absolute Gasteiger partial charge is 0.472 e. The van der Waals surface area contributed by atoms with Crippen LogP contribution in [0, 0.1) is 0 Å². The molecule has 2 atom stereocenters. The molecular formula is C44H84NO8P. The summed E-state index contributed by atoms with van der Waals surface area (Å²) in [7, 11) is -4.38. The number of phosphoric acid groups is 1. The zero-order valence-electron chi connectivity index (χ0n) is 35.0. The van der Waals surface area contributed by atoms with Crippen molar-refractivity contribution < 1.29 is 37.6 Å². The van der Waals surface area contributed by atoms with Crippen molar-refractivity contribution in [2.24, 2.45) is 5.73 Å². The molecule has 0 aromatic rings. The number of nitrogens with two attached hydrogens (primary N) is 1. The molecule has 0 heterocycles. The lowest BCUT2D eigenvalue weighted by Crippen LogP contribution is -2.29. The molecular weight excluding hydrogens is 701 g/mol. The Labute approximate surface area is 332 Å². The van der Waals surface area contributed by atoms with E-state index in [1.165, 1.54) is 122 Å². The van der Waals surface area contributed by atoms with Crippen molar-refractivity contribution in [3.8, 4) is 0 Å². The highest BCUT2D eigenvalue weighted by molar-refractivity contribution is 7.47. The van der Waals surface area contributed by atoms with E-state index >= 15 is 0 Å². The molecule has 0 rings (SSSR count). The topological polar surface area (TPSA) is 134 Å². The molecule has 318 valence electrons. The Balaban J connectivity index is 4.12. The van der Waals surface area contributed by atoms with Gasteiger partial charge in [0.05, 0.1) is 13.2 Å². The molecule has 0 saturated carbocycles. The Morgan fingerprint density at radius 1 is 0.556 bits per heavy atom. The molecule has 10 heteroatoms. The summed E-state index contributed by atoms with van der Waals surface area (Å²) in [6.45, 7) is 3.72. The van der Waals surface area contributed by atoms with Crippen molar-refractivity contribution in [3.05, 3.63) is 24.3 Å². The standard InChI is InChI=1S/C44H84NO8P/c1-3-5-7-9-11-13-15-17-19-20-21-23-25-27-29-31-33-35-37-44(47)53-42(41-52-54(48,49)51-39-38-45)40-50-43(46)36-34-32-30-28-26-24-22-18-16-14-12-10-8-6-4-2/h12,14,18,22,42H,3-11,13,15-17,19-21,23-41,45H2,1-2H3,(H,48,49)/b14-12-,22-18-/t42-/m1/s1. The second kappa shape index (κ2) is 41.1. The Bertz CT molecular complexity index is 944. The minimum Gasteiger partial charge on any atom is -0.462 e. The first kappa shape index (κ1) is 52.5. The van der Waals surface area contributed by atoms with Gasteiger partial charge in [-0.2, -0.15) is 0 Å². The van der Waals surface area contributed by atoms with E-state index in [0.29, 0.717) is 6.42 Å². The minimum absolute atomic E-state index is 0.0531. The molecule has 0 aliphatic rings. The van der Waals surface area contributed by atoms with Gasteiger partial charge in [0.1, 0.15) is 6.61 Å². The molecule has 0 fully saturated rings. The summed E-state index contributed by atoms with van der Waals surface area (Å²) in [5.41, 5.74) is 5.35. The fourth-order valence-corrected chi connectivity index (χ4v) is 7.02. The van der Waals surface area contributed by atoms with Crippen LogP contribution in [0.4, 0.5) is 0 Å². The van der Waals surface area contributed by atoms with E-state index in [-0.39, 0.29) is 32.6 Å². The van der Waals surface area contributed by atoms with Crippen molar-refractivity contribution in [1.82, 2.24) is 0 Å². The first-order valence-electron chi connectivity index (χ1n) is 22.3. The van der Waals surface area contributed by atoms with Crippen LogP contribution in [-0.4, -0.2) is 49.3 Å². The molecule has 0 radical (unpaired) electrons. The average molecular weight is 786 g/mol. The molecule has 1 unspecified atom stereocenters. The van der Waals surface area contributed by atoms with Gasteiger partial charge in [-0.05, 0) is 44.9 Å². The molecule has 0 bridgehead atoms. The lowest BCUT2D eigenvalue weighted by Gasteiger charge is -2.19. The third-order valence-corrected chi connectivity index (χ3v) is 10.6. The molecule has 0 amide bonds. The van der Waals surface area contributed by atoms with Gasteiger partial charge >= 0.3 is 19.8 Å². The average Bonchev–Trinajstić information content (AvgIpc) is 3.16. The predicted molar refractivity (Wildman–Crippen MR) is 224 cm³/mol. The van der Waals surface area contributed by atoms with Crippen molar-refractivity contribution in [2.75, 3.05) is 26.4 Å². The van der Waals surface area contributed by atoms with Gasteiger partial charge in [0.2, 0.25) is 0 Å². The van der Waals surface area contributed by atoms with Crippen LogP contribution in [0.25, 0.3) is 0 Å². The number of carbonyl (C=O) groups excluding carboxylic acids is 2. The molecule has 0 saturated heterocycles. The molecule has 0 spiro atoms. The molecule has 9 nitrogen and oxygen atoms in total. The van der Waals surface area contributed by atoms with E-state index in [9.17, 15) is 19.0 Å². The van der Waals surface area contributed by atoms with Crippen LogP contribution < -0.4 is 5.73 Å². The first-order valence-corrected chi connectivity index (χ1v) is 23.8. The highest BCUT2D eigenvalue weighted by atomic mass is 31.2. The molecule has 0 aromatic carbocycles. The maximum Gasteiger partial charge on any atom is 0.472 e. The zero-order valence-corrected chi connectivity index (χ0v) is 35.9. The maximum absolute atomic E-state index is 12.6. The van der Waals surface area contributed by atoms with Crippen LogP contribution in [0.2, 0.25) is 0 Å². The zero-order chi connectivity index (χ0) is 39.6. The summed E-state index contributed by atoms with van der Waals surface area (Å²) in [5, 5.41) is 0. The second-order valence-corrected chi connectivity index (χ2v) is 16.4. The summed E-state index contributed by atoms with van der Waals surface area (Å²) in [6, 6.07) is 0. The Hall–Kier alpha value is -1.51. The summed E-state index contributed by atoms with van der Waals surface area (Å²) in [6.07, 6.45) is 43.5. The number of esters is 2.